The zero-order chi connectivity index (χ0) is 28.9. The fraction of sp³-hybridized carbons (Fsp3) is 0.484. The zero-order valence-electron chi connectivity index (χ0n) is 23.3. The maximum atomic E-state index is 13.5. The first kappa shape index (κ1) is 29.8. The van der Waals surface area contributed by atoms with E-state index in [0.717, 1.165) is 41.3 Å². The summed E-state index contributed by atoms with van der Waals surface area (Å²) in [5.74, 6) is -0.477. The molecule has 40 heavy (non-hydrogen) atoms. The minimum atomic E-state index is -0.538. The topological polar surface area (TPSA) is 114 Å². The van der Waals surface area contributed by atoms with E-state index in [2.05, 4.69) is 31.9 Å². The normalized spacial score (nSPS) is 19.2. The predicted octanol–water partition coefficient (Wildman–Crippen LogP) is 6.03. The fourth-order valence-corrected chi connectivity index (χ4v) is 5.60. The lowest BCUT2D eigenvalue weighted by Gasteiger charge is -2.29. The van der Waals surface area contributed by atoms with E-state index in [1.807, 2.05) is 51.1 Å². The van der Waals surface area contributed by atoms with Crippen molar-refractivity contribution in [3.63, 3.8) is 0 Å². The van der Waals surface area contributed by atoms with Crippen molar-refractivity contribution in [2.24, 2.45) is 17.8 Å². The quantitative estimate of drug-likeness (QED) is 0.320. The van der Waals surface area contributed by atoms with Gasteiger partial charge < -0.3 is 20.7 Å². The van der Waals surface area contributed by atoms with Crippen molar-refractivity contribution in [3.05, 3.63) is 58.1 Å². The molecule has 1 aliphatic heterocycles. The van der Waals surface area contributed by atoms with Gasteiger partial charge in [-0.25, -0.2) is 4.79 Å². The van der Waals surface area contributed by atoms with E-state index in [-0.39, 0.29) is 29.9 Å². The van der Waals surface area contributed by atoms with Crippen LogP contribution in [0.15, 0.2) is 46.9 Å². The van der Waals surface area contributed by atoms with Crippen LogP contribution in [0.5, 0.6) is 0 Å². The average molecular weight is 613 g/mol. The zero-order valence-corrected chi connectivity index (χ0v) is 24.9. The molecule has 0 aromatic heterocycles. The maximum Gasteiger partial charge on any atom is 0.407 e. The number of hydrogen-bond acceptors (Lipinski definition) is 5. The van der Waals surface area contributed by atoms with Crippen LogP contribution in [0.3, 0.4) is 0 Å². The number of ketones is 1. The van der Waals surface area contributed by atoms with Gasteiger partial charge in [-0.15, -0.1) is 0 Å². The van der Waals surface area contributed by atoms with Crippen LogP contribution >= 0.6 is 15.9 Å². The molecule has 3 N–H and O–H groups in total. The highest BCUT2D eigenvalue weighted by atomic mass is 79.9. The number of fused-ring (bicyclic) bond motifs is 1. The number of carbonyl (C=O) groups is 4. The summed E-state index contributed by atoms with van der Waals surface area (Å²) < 4.78 is 6.27. The van der Waals surface area contributed by atoms with E-state index in [9.17, 15) is 19.2 Å². The van der Waals surface area contributed by atoms with Crippen molar-refractivity contribution in [1.29, 1.82) is 0 Å². The van der Waals surface area contributed by atoms with Gasteiger partial charge in [-0.05, 0) is 94.2 Å². The summed E-state index contributed by atoms with van der Waals surface area (Å²) in [6, 6.07) is 13.2. The third-order valence-corrected chi connectivity index (χ3v) is 7.98. The van der Waals surface area contributed by atoms with Crippen molar-refractivity contribution >= 4 is 51.0 Å². The lowest BCUT2D eigenvalue weighted by atomic mass is 9.77. The molecule has 3 amide bonds. The molecule has 9 heteroatoms. The fourth-order valence-electron chi connectivity index (χ4n) is 5.34. The summed E-state index contributed by atoms with van der Waals surface area (Å²) in [6.07, 6.45) is 3.71. The van der Waals surface area contributed by atoms with Crippen LogP contribution in [0.2, 0.25) is 0 Å². The summed E-state index contributed by atoms with van der Waals surface area (Å²) in [4.78, 5) is 50.6. The number of alkyl carbamates (subject to hydrolysis) is 1. The molecule has 1 saturated carbocycles. The van der Waals surface area contributed by atoms with Gasteiger partial charge in [-0.3, -0.25) is 14.4 Å². The van der Waals surface area contributed by atoms with Crippen LogP contribution in [0.1, 0.15) is 64.0 Å². The molecule has 0 spiro atoms. The Morgan fingerprint density at radius 2 is 1.75 bits per heavy atom. The minimum absolute atomic E-state index is 0.0625. The molecule has 2 aliphatic rings. The first-order valence-corrected chi connectivity index (χ1v) is 14.7. The molecular formula is C31H38BrN3O5. The Kier molecular flexibility index (Phi) is 9.66. The van der Waals surface area contributed by atoms with E-state index >= 15 is 0 Å². The maximum absolute atomic E-state index is 13.5. The van der Waals surface area contributed by atoms with Gasteiger partial charge >= 0.3 is 6.09 Å². The van der Waals surface area contributed by atoms with E-state index < -0.39 is 17.6 Å². The van der Waals surface area contributed by atoms with Gasteiger partial charge in [0.1, 0.15) is 11.4 Å². The van der Waals surface area contributed by atoms with Crippen molar-refractivity contribution in [2.45, 2.75) is 71.3 Å². The Balaban J connectivity index is 1.35. The van der Waals surface area contributed by atoms with Crippen molar-refractivity contribution in [3.8, 4) is 0 Å². The monoisotopic (exact) mass is 611 g/mol. The van der Waals surface area contributed by atoms with Crippen LogP contribution < -0.4 is 16.0 Å². The van der Waals surface area contributed by atoms with Gasteiger partial charge in [0.05, 0.1) is 6.42 Å². The van der Waals surface area contributed by atoms with Crippen molar-refractivity contribution in [1.82, 2.24) is 5.32 Å². The Morgan fingerprint density at radius 1 is 1.05 bits per heavy atom. The Hall–Kier alpha value is -3.20. The Morgan fingerprint density at radius 3 is 2.42 bits per heavy atom. The molecule has 214 valence electrons. The van der Waals surface area contributed by atoms with Crippen molar-refractivity contribution < 1.29 is 23.9 Å². The highest BCUT2D eigenvalue weighted by Crippen LogP contribution is 2.32. The summed E-state index contributed by atoms with van der Waals surface area (Å²) >= 11 is 3.45. The number of rotatable bonds is 9. The average Bonchev–Trinajstić information content (AvgIpc) is 3.27. The minimum Gasteiger partial charge on any atom is -0.444 e. The number of amides is 3. The molecule has 0 saturated heterocycles. The lowest BCUT2D eigenvalue weighted by Crippen LogP contribution is -2.37. The summed E-state index contributed by atoms with van der Waals surface area (Å²) in [5, 5.41) is 8.63. The van der Waals surface area contributed by atoms with Gasteiger partial charge in [0.2, 0.25) is 11.8 Å². The van der Waals surface area contributed by atoms with Gasteiger partial charge in [0, 0.05) is 40.6 Å². The molecule has 1 fully saturated rings. The molecule has 0 radical (unpaired) electrons. The number of hydrogen-bond donors (Lipinski definition) is 3. The molecule has 2 aromatic rings. The molecule has 1 atom stereocenters. The van der Waals surface area contributed by atoms with Crippen LogP contribution in [-0.4, -0.2) is 35.8 Å². The summed E-state index contributed by atoms with van der Waals surface area (Å²) in [6.45, 7) is 6.03. The van der Waals surface area contributed by atoms with Crippen LogP contribution in [0.25, 0.3) is 0 Å². The standard InChI is InChI=1S/C31H38BrN3O5/c1-31(2,3)40-30(39)33-18-20-4-8-21(9-5-20)27(36)15-23(14-19-6-11-24(32)12-7-19)29(38)34-25-13-10-22-16-28(37)35-26(22)17-25/h6-7,10-13,17,20-21,23H,4-5,8-9,14-16,18H2,1-3H3,(H,33,39)(H,34,38)(H,35,37)/t20?,21?,23-/m1/s1. The first-order chi connectivity index (χ1) is 18.9. The van der Waals surface area contributed by atoms with E-state index in [0.29, 0.717) is 36.7 Å². The molecular weight excluding hydrogens is 574 g/mol. The third kappa shape index (κ3) is 8.65. The molecule has 4 rings (SSSR count). The number of carbonyl (C=O) groups excluding carboxylic acids is 4. The predicted molar refractivity (Wildman–Crippen MR) is 158 cm³/mol. The number of anilines is 2. The lowest BCUT2D eigenvalue weighted by molar-refractivity contribution is -0.129. The van der Waals surface area contributed by atoms with Gasteiger partial charge in [0.25, 0.3) is 0 Å². The molecule has 1 aliphatic carbocycles. The second kappa shape index (κ2) is 13.0. The molecule has 2 aromatic carbocycles. The molecule has 8 nitrogen and oxygen atoms in total. The third-order valence-electron chi connectivity index (χ3n) is 7.45. The highest BCUT2D eigenvalue weighted by molar-refractivity contribution is 9.10. The van der Waals surface area contributed by atoms with Crippen LogP contribution in [-0.2, 0) is 32.0 Å². The second-order valence-electron chi connectivity index (χ2n) is 11.9. The first-order valence-electron chi connectivity index (χ1n) is 13.9. The highest BCUT2D eigenvalue weighted by Gasteiger charge is 2.31. The van der Waals surface area contributed by atoms with Crippen LogP contribution in [0, 0.1) is 17.8 Å². The molecule has 0 unspecified atom stereocenters. The van der Waals surface area contributed by atoms with E-state index in [1.165, 1.54) is 0 Å². The molecule has 0 bridgehead atoms. The van der Waals surface area contributed by atoms with Gasteiger partial charge in [-0.2, -0.15) is 0 Å². The smallest absolute Gasteiger partial charge is 0.407 e. The number of benzene rings is 2. The summed E-state index contributed by atoms with van der Waals surface area (Å²) in [5.41, 5.74) is 2.65. The van der Waals surface area contributed by atoms with E-state index in [4.69, 9.17) is 4.74 Å². The second-order valence-corrected chi connectivity index (χ2v) is 12.8. The van der Waals surface area contributed by atoms with Gasteiger partial charge in [0.15, 0.2) is 0 Å². The SMILES string of the molecule is CC(C)(C)OC(=O)NCC1CCC(C(=O)C[C@@H](Cc2ccc(Br)cc2)C(=O)Nc2ccc3c(c2)NC(=O)C3)CC1. The van der Waals surface area contributed by atoms with Gasteiger partial charge in [-0.1, -0.05) is 34.1 Å². The largest absolute Gasteiger partial charge is 0.444 e. The number of halogens is 1. The number of ether oxygens (including phenoxy) is 1. The molecule has 1 heterocycles. The Bertz CT molecular complexity index is 1250. The van der Waals surface area contributed by atoms with Crippen LogP contribution in [0.4, 0.5) is 16.2 Å². The van der Waals surface area contributed by atoms with E-state index in [1.54, 1.807) is 12.1 Å². The summed E-state index contributed by atoms with van der Waals surface area (Å²) in [7, 11) is 0. The number of nitrogens with one attached hydrogen (secondary N) is 3. The van der Waals surface area contributed by atoms with Crippen molar-refractivity contribution in [2.75, 3.05) is 17.2 Å². The number of Topliss-reactive ketones (excluding diaryl/α,β-unsaturated/α-hetero) is 1. The Labute approximate surface area is 244 Å².